The fourth-order valence-corrected chi connectivity index (χ4v) is 7.71. The Labute approximate surface area is 235 Å². The fraction of sp³-hybridized carbons (Fsp3) is 0.828. The summed E-state index contributed by atoms with van der Waals surface area (Å²) >= 11 is 0. The number of nitrogens with one attached hydrogen (secondary N) is 2. The van der Waals surface area contributed by atoms with E-state index in [0.717, 1.165) is 45.2 Å². The third kappa shape index (κ3) is 6.85. The van der Waals surface area contributed by atoms with Crippen LogP contribution < -0.4 is 10.6 Å². The monoisotopic (exact) mass is 566 g/mol. The van der Waals surface area contributed by atoms with Crippen LogP contribution in [-0.2, 0) is 19.1 Å². The van der Waals surface area contributed by atoms with Crippen LogP contribution in [-0.4, -0.2) is 109 Å². The average Bonchev–Trinajstić information content (AvgIpc) is 2.94. The Balaban J connectivity index is 1.15. The molecule has 224 valence electrons. The van der Waals surface area contributed by atoms with Crippen LogP contribution in [0.3, 0.4) is 0 Å². The van der Waals surface area contributed by atoms with Crippen molar-refractivity contribution in [2.45, 2.75) is 81.8 Å². The van der Waals surface area contributed by atoms with E-state index in [0.29, 0.717) is 38.8 Å². The SMILES string of the molecule is O=C(O)C(CC1CCCC(CN2C(=O)C=CC3CCNCC32)C1)NC(=O)C1C(F)CC(N2CCOCC2)CC1F. The van der Waals surface area contributed by atoms with Crippen molar-refractivity contribution in [2.75, 3.05) is 45.9 Å². The minimum atomic E-state index is -1.67. The number of piperidine rings is 1. The van der Waals surface area contributed by atoms with Gasteiger partial charge in [-0.15, -0.1) is 0 Å². The molecule has 7 unspecified atom stereocenters. The van der Waals surface area contributed by atoms with Gasteiger partial charge in [0.2, 0.25) is 11.8 Å². The normalized spacial score (nSPS) is 38.0. The summed E-state index contributed by atoms with van der Waals surface area (Å²) in [4.78, 5) is 41.9. The topological polar surface area (TPSA) is 111 Å². The van der Waals surface area contributed by atoms with E-state index in [9.17, 15) is 19.5 Å². The van der Waals surface area contributed by atoms with Gasteiger partial charge < -0.3 is 25.4 Å². The number of nitrogens with zero attached hydrogens (tertiary/aromatic N) is 2. The first-order valence-corrected chi connectivity index (χ1v) is 15.1. The van der Waals surface area contributed by atoms with E-state index in [1.165, 1.54) is 0 Å². The minimum Gasteiger partial charge on any atom is -0.480 e. The molecule has 3 N–H and O–H groups in total. The molecule has 7 atom stereocenters. The van der Waals surface area contributed by atoms with Gasteiger partial charge in [-0.1, -0.05) is 18.9 Å². The van der Waals surface area contributed by atoms with Crippen molar-refractivity contribution in [3.05, 3.63) is 12.2 Å². The van der Waals surface area contributed by atoms with Crippen LogP contribution in [0.5, 0.6) is 0 Å². The van der Waals surface area contributed by atoms with Crippen LogP contribution in [0.1, 0.15) is 51.4 Å². The molecule has 4 fully saturated rings. The van der Waals surface area contributed by atoms with Crippen molar-refractivity contribution in [3.63, 3.8) is 0 Å². The number of fused-ring (bicyclic) bond motifs is 1. The summed E-state index contributed by atoms with van der Waals surface area (Å²) in [5, 5.41) is 15.8. The number of aliphatic carboxylic acids is 1. The molecule has 0 radical (unpaired) electrons. The van der Waals surface area contributed by atoms with Gasteiger partial charge in [0.15, 0.2) is 0 Å². The summed E-state index contributed by atoms with van der Waals surface area (Å²) in [7, 11) is 0. The highest BCUT2D eigenvalue weighted by atomic mass is 19.1. The molecule has 3 heterocycles. The molecule has 0 aromatic carbocycles. The molecule has 2 aliphatic carbocycles. The van der Waals surface area contributed by atoms with E-state index in [1.54, 1.807) is 6.08 Å². The van der Waals surface area contributed by atoms with Gasteiger partial charge >= 0.3 is 5.97 Å². The van der Waals surface area contributed by atoms with Crippen molar-refractivity contribution in [1.82, 2.24) is 20.4 Å². The molecular weight excluding hydrogens is 522 g/mol. The molecule has 40 heavy (non-hydrogen) atoms. The number of alkyl halides is 2. The lowest BCUT2D eigenvalue weighted by molar-refractivity contribution is -0.145. The predicted octanol–water partition coefficient (Wildman–Crippen LogP) is 1.92. The second kappa shape index (κ2) is 13.2. The summed E-state index contributed by atoms with van der Waals surface area (Å²) in [5.41, 5.74) is 0. The molecule has 5 rings (SSSR count). The Morgan fingerprint density at radius 2 is 1.82 bits per heavy atom. The van der Waals surface area contributed by atoms with E-state index in [2.05, 4.69) is 10.6 Å². The first-order valence-electron chi connectivity index (χ1n) is 15.1. The standard InChI is InChI=1S/C29H44F2N4O5/c30-22-14-21(34-8-10-40-11-9-34)15-23(31)27(22)28(37)33-24(29(38)39)13-18-2-1-3-19(12-18)17-35-25-16-32-7-6-20(25)4-5-26(35)36/h4-5,18-25,27,32H,1-3,6-17H2,(H,33,37)(H,38,39). The number of hydrogen-bond acceptors (Lipinski definition) is 6. The molecule has 9 nitrogen and oxygen atoms in total. The summed E-state index contributed by atoms with van der Waals surface area (Å²) in [6, 6.07) is -1.33. The largest absolute Gasteiger partial charge is 0.480 e. The first kappa shape index (κ1) is 29.4. The van der Waals surface area contributed by atoms with E-state index >= 15 is 8.78 Å². The number of carboxylic acid groups (broad SMARTS) is 1. The zero-order chi connectivity index (χ0) is 28.2. The third-order valence-corrected chi connectivity index (χ3v) is 9.84. The molecule has 0 bridgehead atoms. The highest BCUT2D eigenvalue weighted by Gasteiger charge is 2.45. The number of halogens is 2. The Hall–Kier alpha value is -2.11. The van der Waals surface area contributed by atoms with Crippen LogP contribution in [0.2, 0.25) is 0 Å². The van der Waals surface area contributed by atoms with Gasteiger partial charge in [0.05, 0.1) is 19.3 Å². The second-order valence-electron chi connectivity index (χ2n) is 12.4. The maximum Gasteiger partial charge on any atom is 0.326 e. The molecular formula is C29H44F2N4O5. The zero-order valence-corrected chi connectivity index (χ0v) is 23.2. The van der Waals surface area contributed by atoms with Crippen molar-refractivity contribution in [2.24, 2.45) is 23.7 Å². The van der Waals surface area contributed by atoms with Gasteiger partial charge in [-0.25, -0.2) is 13.6 Å². The highest BCUT2D eigenvalue weighted by Crippen LogP contribution is 2.36. The number of carboxylic acids is 1. The Morgan fingerprint density at radius 1 is 1.10 bits per heavy atom. The van der Waals surface area contributed by atoms with Crippen molar-refractivity contribution in [1.29, 1.82) is 0 Å². The quantitative estimate of drug-likeness (QED) is 0.412. The molecule has 3 aliphatic heterocycles. The Bertz CT molecular complexity index is 935. The minimum absolute atomic E-state index is 0.0349. The average molecular weight is 567 g/mol. The molecule has 0 aromatic rings. The fourth-order valence-electron chi connectivity index (χ4n) is 7.71. The lowest BCUT2D eigenvalue weighted by Crippen LogP contribution is -2.56. The van der Waals surface area contributed by atoms with E-state index < -0.39 is 36.2 Å². The molecule has 2 saturated carbocycles. The number of hydrogen-bond donors (Lipinski definition) is 3. The van der Waals surface area contributed by atoms with E-state index in [-0.39, 0.29) is 49.1 Å². The lowest BCUT2D eigenvalue weighted by Gasteiger charge is -2.44. The number of amides is 2. The Morgan fingerprint density at radius 3 is 2.55 bits per heavy atom. The van der Waals surface area contributed by atoms with Crippen molar-refractivity contribution >= 4 is 17.8 Å². The predicted molar refractivity (Wildman–Crippen MR) is 144 cm³/mol. The van der Waals surface area contributed by atoms with Gasteiger partial charge in [0, 0.05) is 38.1 Å². The number of morpholine rings is 1. The Kier molecular flexibility index (Phi) is 9.73. The summed E-state index contributed by atoms with van der Waals surface area (Å²) in [5.74, 6) is -2.82. The van der Waals surface area contributed by atoms with Crippen molar-refractivity contribution < 1.29 is 33.0 Å². The van der Waals surface area contributed by atoms with Gasteiger partial charge in [0.1, 0.15) is 24.3 Å². The molecule has 0 spiro atoms. The molecule has 2 amide bonds. The maximum absolute atomic E-state index is 15.1. The summed E-state index contributed by atoms with van der Waals surface area (Å²) in [6.07, 6.45) is 5.22. The summed E-state index contributed by atoms with van der Waals surface area (Å²) in [6.45, 7) is 4.66. The van der Waals surface area contributed by atoms with Gasteiger partial charge in [-0.3, -0.25) is 14.5 Å². The van der Waals surface area contributed by atoms with Crippen LogP contribution in [0.25, 0.3) is 0 Å². The van der Waals surface area contributed by atoms with Crippen LogP contribution in [0, 0.1) is 23.7 Å². The van der Waals surface area contributed by atoms with E-state index in [4.69, 9.17) is 4.74 Å². The molecule has 11 heteroatoms. The van der Waals surface area contributed by atoms with Gasteiger partial charge in [0.25, 0.3) is 0 Å². The van der Waals surface area contributed by atoms with Gasteiger partial charge in [-0.05, 0) is 63.0 Å². The summed E-state index contributed by atoms with van der Waals surface area (Å²) < 4.78 is 35.6. The number of carbonyl (C=O) groups excluding carboxylic acids is 2. The highest BCUT2D eigenvalue weighted by molar-refractivity contribution is 5.89. The van der Waals surface area contributed by atoms with E-state index in [1.807, 2.05) is 15.9 Å². The van der Waals surface area contributed by atoms with Gasteiger partial charge in [-0.2, -0.15) is 0 Å². The van der Waals surface area contributed by atoms with Crippen LogP contribution in [0.4, 0.5) is 8.78 Å². The number of rotatable bonds is 8. The maximum atomic E-state index is 15.1. The van der Waals surface area contributed by atoms with Crippen LogP contribution in [0.15, 0.2) is 12.2 Å². The smallest absolute Gasteiger partial charge is 0.326 e. The number of carbonyl (C=O) groups is 3. The van der Waals surface area contributed by atoms with Crippen LogP contribution >= 0.6 is 0 Å². The first-order chi connectivity index (χ1) is 19.3. The molecule has 2 saturated heterocycles. The second-order valence-corrected chi connectivity index (χ2v) is 12.4. The lowest BCUT2D eigenvalue weighted by atomic mass is 9.77. The number of ether oxygens (including phenoxy) is 1. The third-order valence-electron chi connectivity index (χ3n) is 9.84. The zero-order valence-electron chi connectivity index (χ0n) is 23.2. The molecule has 5 aliphatic rings. The molecule has 0 aromatic heterocycles. The van der Waals surface area contributed by atoms with Crippen molar-refractivity contribution in [3.8, 4) is 0 Å².